The molecule has 4 atom stereocenters. The highest BCUT2D eigenvalue weighted by molar-refractivity contribution is 7.14. The van der Waals surface area contributed by atoms with Crippen LogP contribution >= 0.6 is 11.3 Å². The lowest BCUT2D eigenvalue weighted by atomic mass is 9.78. The third-order valence-electron chi connectivity index (χ3n) is 9.96. The monoisotopic (exact) mass is 607 g/mol. The molecule has 4 aliphatic rings. The fourth-order valence-electron chi connectivity index (χ4n) is 7.23. The first-order valence-electron chi connectivity index (χ1n) is 15.9. The zero-order valence-corrected chi connectivity index (χ0v) is 26.7. The fourth-order valence-corrected chi connectivity index (χ4v) is 8.12. The van der Waals surface area contributed by atoms with Crippen molar-refractivity contribution in [2.24, 2.45) is 17.3 Å². The minimum atomic E-state index is -0.662. The molecule has 9 nitrogen and oxygen atoms in total. The van der Waals surface area contributed by atoms with Gasteiger partial charge in [0.25, 0.3) is 5.91 Å². The van der Waals surface area contributed by atoms with Crippen LogP contribution in [0.15, 0.2) is 29.6 Å². The molecule has 6 rings (SSSR count). The van der Waals surface area contributed by atoms with Gasteiger partial charge in [0.05, 0.1) is 11.8 Å². The number of carbonyl (C=O) groups excluding carboxylic acids is 3. The molecule has 1 aliphatic carbocycles. The van der Waals surface area contributed by atoms with Crippen molar-refractivity contribution in [3.63, 3.8) is 0 Å². The number of amides is 2. The van der Waals surface area contributed by atoms with Crippen molar-refractivity contribution in [3.05, 3.63) is 35.2 Å². The molecule has 0 bridgehead atoms. The van der Waals surface area contributed by atoms with Crippen LogP contribution in [0.5, 0.6) is 0 Å². The van der Waals surface area contributed by atoms with Gasteiger partial charge in [-0.25, -0.2) is 4.98 Å². The van der Waals surface area contributed by atoms with Crippen molar-refractivity contribution in [2.75, 3.05) is 51.3 Å². The predicted octanol–water partition coefficient (Wildman–Crippen LogP) is 4.08. The van der Waals surface area contributed by atoms with E-state index in [0.29, 0.717) is 12.1 Å². The minimum Gasteiger partial charge on any atom is -0.367 e. The summed E-state index contributed by atoms with van der Waals surface area (Å²) in [7, 11) is 2.14. The molecule has 43 heavy (non-hydrogen) atoms. The van der Waals surface area contributed by atoms with Gasteiger partial charge in [-0.05, 0) is 43.4 Å². The number of aromatic nitrogens is 1. The lowest BCUT2D eigenvalue weighted by Gasteiger charge is -2.34. The number of anilines is 1. The molecule has 2 amide bonds. The summed E-state index contributed by atoms with van der Waals surface area (Å²) in [6.07, 6.45) is 4.73. The summed E-state index contributed by atoms with van der Waals surface area (Å²) in [6.45, 7) is 10.9. The number of hydrogen-bond donors (Lipinski definition) is 1. The number of Topliss-reactive ketones (excluding diaryl/α,β-unsaturated/α-hetero) is 1. The van der Waals surface area contributed by atoms with Gasteiger partial charge in [-0.3, -0.25) is 14.4 Å². The van der Waals surface area contributed by atoms with E-state index in [1.807, 2.05) is 24.3 Å². The zero-order chi connectivity index (χ0) is 30.3. The first-order valence-corrected chi connectivity index (χ1v) is 16.7. The fraction of sp³-hybridized carbons (Fsp3) is 0.636. The molecule has 0 unspecified atom stereocenters. The first kappa shape index (κ1) is 30.2. The number of likely N-dealkylation sites (N-methyl/N-ethyl adjacent to an activating group) is 1. The molecule has 1 saturated carbocycles. The number of hydrogen-bond acceptors (Lipinski definition) is 8. The molecular weight excluding hydrogens is 562 g/mol. The van der Waals surface area contributed by atoms with Crippen molar-refractivity contribution in [1.82, 2.24) is 20.1 Å². The molecule has 0 radical (unpaired) electrons. The van der Waals surface area contributed by atoms with E-state index < -0.39 is 12.1 Å². The number of ketones is 1. The lowest BCUT2D eigenvalue weighted by molar-refractivity contribution is -0.139. The lowest BCUT2D eigenvalue weighted by Crippen LogP contribution is -2.55. The van der Waals surface area contributed by atoms with Gasteiger partial charge in [0, 0.05) is 55.1 Å². The summed E-state index contributed by atoms with van der Waals surface area (Å²) in [5.74, 6) is -0.324. The average Bonchev–Trinajstić information content (AvgIpc) is 3.74. The zero-order valence-electron chi connectivity index (χ0n) is 25.9. The first-order chi connectivity index (χ1) is 20.6. The van der Waals surface area contributed by atoms with Gasteiger partial charge in [-0.15, -0.1) is 11.3 Å². The van der Waals surface area contributed by atoms with Crippen LogP contribution in [-0.4, -0.2) is 96.9 Å². The Hall–Kier alpha value is -2.82. The van der Waals surface area contributed by atoms with Crippen LogP contribution in [0.1, 0.15) is 63.2 Å². The van der Waals surface area contributed by atoms with E-state index in [2.05, 4.69) is 48.3 Å². The maximum atomic E-state index is 14.3. The number of carbonyl (C=O) groups is 3. The standard InChI is InChI=1S/C33H45N5O4S/c1-33(2,3)24-18-38(28-26(39)19-42-29(24)28)31(41)27(22-8-6-5-7-9-22)35-30(40)23-12-10-21(11-13-23)25-20-43-32(34-25)37-16-14-36(4)15-17-37/h10-13,20,22,24,27-29H,5-9,14-19H2,1-4H3,(H,35,40)/t24-,27+,28-,29-/m1/s1. The van der Waals surface area contributed by atoms with Crippen molar-refractivity contribution >= 4 is 34.1 Å². The second-order valence-corrected chi connectivity index (χ2v) is 14.7. The molecule has 1 aromatic heterocycles. The van der Waals surface area contributed by atoms with Crippen molar-refractivity contribution < 1.29 is 19.1 Å². The number of rotatable bonds is 6. The predicted molar refractivity (Wildman–Crippen MR) is 168 cm³/mol. The Morgan fingerprint density at radius 1 is 1.05 bits per heavy atom. The summed E-state index contributed by atoms with van der Waals surface area (Å²) >= 11 is 1.65. The van der Waals surface area contributed by atoms with Crippen LogP contribution < -0.4 is 10.2 Å². The van der Waals surface area contributed by atoms with Crippen molar-refractivity contribution in [1.29, 1.82) is 0 Å². The third kappa shape index (κ3) is 6.24. The molecule has 3 aliphatic heterocycles. The highest BCUT2D eigenvalue weighted by Gasteiger charge is 2.56. The Kier molecular flexibility index (Phi) is 8.63. The molecule has 0 spiro atoms. The maximum Gasteiger partial charge on any atom is 0.251 e. The van der Waals surface area contributed by atoms with Crippen molar-refractivity contribution in [3.8, 4) is 11.3 Å². The smallest absolute Gasteiger partial charge is 0.251 e. The van der Waals surface area contributed by atoms with Crippen molar-refractivity contribution in [2.45, 2.75) is 71.1 Å². The molecule has 1 N–H and O–H groups in total. The largest absolute Gasteiger partial charge is 0.367 e. The van der Waals surface area contributed by atoms with Crippen LogP contribution in [0.25, 0.3) is 11.3 Å². The Morgan fingerprint density at radius 3 is 2.42 bits per heavy atom. The number of thiazole rings is 1. The number of fused-ring (bicyclic) bond motifs is 1. The molecule has 4 fully saturated rings. The van der Waals surface area contributed by atoms with E-state index in [1.54, 1.807) is 16.2 Å². The van der Waals surface area contributed by atoms with E-state index in [4.69, 9.17) is 9.72 Å². The molecule has 1 aromatic carbocycles. The molecular formula is C33H45N5O4S. The topological polar surface area (TPSA) is 95.1 Å². The number of nitrogens with one attached hydrogen (secondary N) is 1. The van der Waals surface area contributed by atoms with Crippen LogP contribution in [-0.2, 0) is 14.3 Å². The van der Waals surface area contributed by atoms with Gasteiger partial charge >= 0.3 is 0 Å². The van der Waals surface area contributed by atoms with E-state index in [1.165, 1.54) is 0 Å². The third-order valence-corrected chi connectivity index (χ3v) is 10.9. The normalized spacial score (nSPS) is 26.0. The number of ether oxygens (including phenoxy) is 1. The van der Waals surface area contributed by atoms with Gasteiger partial charge in [0.2, 0.25) is 5.91 Å². The second-order valence-electron chi connectivity index (χ2n) is 13.9. The maximum absolute atomic E-state index is 14.3. The number of likely N-dealkylation sites (tertiary alicyclic amines) is 1. The van der Waals surface area contributed by atoms with E-state index in [0.717, 1.165) is 74.7 Å². The van der Waals surface area contributed by atoms with Crippen LogP contribution in [0.2, 0.25) is 0 Å². The molecule has 2 aromatic rings. The number of piperazine rings is 1. The van der Waals surface area contributed by atoms with Gasteiger partial charge in [0.15, 0.2) is 10.9 Å². The van der Waals surface area contributed by atoms with E-state index in [9.17, 15) is 14.4 Å². The summed E-state index contributed by atoms with van der Waals surface area (Å²) in [6, 6.07) is 6.28. The average molecular weight is 608 g/mol. The molecule has 3 saturated heterocycles. The van der Waals surface area contributed by atoms with Crippen LogP contribution in [0.3, 0.4) is 0 Å². The van der Waals surface area contributed by atoms with Gasteiger partial charge in [-0.1, -0.05) is 52.2 Å². The number of nitrogens with zero attached hydrogens (tertiary/aromatic N) is 4. The summed E-state index contributed by atoms with van der Waals surface area (Å²) in [5.41, 5.74) is 2.26. The SMILES string of the molecule is CN1CCN(c2nc(-c3ccc(C(=O)N[C@H](C(=O)N4C[C@@H](C(C)(C)C)[C@H]5OCC(=O)[C@H]54)C4CCCCC4)cc3)cs2)CC1. The molecule has 232 valence electrons. The second kappa shape index (κ2) is 12.3. The Balaban J connectivity index is 1.18. The molecule has 10 heteroatoms. The molecule has 4 heterocycles. The highest BCUT2D eigenvalue weighted by atomic mass is 32.1. The van der Waals surface area contributed by atoms with E-state index in [-0.39, 0.29) is 47.6 Å². The highest BCUT2D eigenvalue weighted by Crippen LogP contribution is 2.42. The Labute approximate surface area is 259 Å². The number of benzene rings is 1. The Morgan fingerprint density at radius 2 is 1.74 bits per heavy atom. The minimum absolute atomic E-state index is 0.0350. The summed E-state index contributed by atoms with van der Waals surface area (Å²) < 4.78 is 5.93. The summed E-state index contributed by atoms with van der Waals surface area (Å²) in [5, 5.41) is 6.23. The summed E-state index contributed by atoms with van der Waals surface area (Å²) in [4.78, 5) is 52.1. The van der Waals surface area contributed by atoms with Crippen LogP contribution in [0, 0.1) is 17.3 Å². The van der Waals surface area contributed by atoms with E-state index >= 15 is 0 Å². The van der Waals surface area contributed by atoms with Crippen LogP contribution in [0.4, 0.5) is 5.13 Å². The Bertz CT molecular complexity index is 1320. The quantitative estimate of drug-likeness (QED) is 0.529. The van der Waals surface area contributed by atoms with Gasteiger partial charge in [-0.2, -0.15) is 0 Å². The van der Waals surface area contributed by atoms with Gasteiger partial charge in [0.1, 0.15) is 18.7 Å². The van der Waals surface area contributed by atoms with Gasteiger partial charge < -0.3 is 24.8 Å².